The molecule has 0 fully saturated rings. The molecule has 0 saturated heterocycles. The Kier molecular flexibility index (Phi) is 8.49. The van der Waals surface area contributed by atoms with Crippen LogP contribution >= 0.6 is 0 Å². The molecule has 1 atom stereocenters. The zero-order valence-corrected chi connectivity index (χ0v) is 16.7. The molecule has 0 saturated carbocycles. The molecule has 0 bridgehead atoms. The van der Waals surface area contributed by atoms with E-state index in [2.05, 4.69) is 17.6 Å². The quantitative estimate of drug-likeness (QED) is 0.616. The highest BCUT2D eigenvalue weighted by molar-refractivity contribution is 6.04. The fourth-order valence-corrected chi connectivity index (χ4v) is 2.66. The Bertz CT molecular complexity index is 774. The van der Waals surface area contributed by atoms with E-state index in [-0.39, 0.29) is 11.8 Å². The minimum Gasteiger partial charge on any atom is -0.481 e. The molecular formula is C22H28N2O4. The van der Waals surface area contributed by atoms with Crippen molar-refractivity contribution < 1.29 is 19.1 Å². The average molecular weight is 384 g/mol. The summed E-state index contributed by atoms with van der Waals surface area (Å²) in [6, 6.07) is 14.6. The Morgan fingerprint density at radius 3 is 2.39 bits per heavy atom. The molecule has 28 heavy (non-hydrogen) atoms. The van der Waals surface area contributed by atoms with Crippen molar-refractivity contribution in [2.75, 3.05) is 25.6 Å². The van der Waals surface area contributed by atoms with Crippen LogP contribution in [0.15, 0.2) is 48.5 Å². The summed E-state index contributed by atoms with van der Waals surface area (Å²) in [4.78, 5) is 25.1. The lowest BCUT2D eigenvalue weighted by molar-refractivity contribution is -0.122. The van der Waals surface area contributed by atoms with Crippen molar-refractivity contribution in [3.8, 4) is 5.75 Å². The number of ether oxygens (including phenoxy) is 2. The van der Waals surface area contributed by atoms with Crippen molar-refractivity contribution in [2.24, 2.45) is 0 Å². The van der Waals surface area contributed by atoms with Gasteiger partial charge in [-0.05, 0) is 42.7 Å². The Balaban J connectivity index is 2.06. The van der Waals surface area contributed by atoms with Crippen molar-refractivity contribution in [1.82, 2.24) is 5.32 Å². The number of rotatable bonds is 10. The number of methoxy groups -OCH3 is 1. The molecule has 2 N–H and O–H groups in total. The summed E-state index contributed by atoms with van der Waals surface area (Å²) >= 11 is 0. The molecule has 2 aromatic rings. The minimum absolute atomic E-state index is 0.267. The highest BCUT2D eigenvalue weighted by atomic mass is 16.5. The molecular weight excluding hydrogens is 356 g/mol. The smallest absolute Gasteiger partial charge is 0.265 e. The van der Waals surface area contributed by atoms with E-state index in [0.717, 1.165) is 6.42 Å². The first-order chi connectivity index (χ1) is 13.6. The van der Waals surface area contributed by atoms with Crippen LogP contribution in [0.2, 0.25) is 0 Å². The van der Waals surface area contributed by atoms with Crippen molar-refractivity contribution in [3.63, 3.8) is 0 Å². The van der Waals surface area contributed by atoms with Crippen LogP contribution in [0.5, 0.6) is 5.75 Å². The van der Waals surface area contributed by atoms with E-state index in [1.807, 2.05) is 31.2 Å². The standard InChI is InChI=1S/C22H28N2O4/c1-4-16-10-12-17(13-11-16)28-20(5-2)22(26)24-19-9-7-6-8-18(19)21(25)23-14-15-27-3/h6-13,20H,4-5,14-15H2,1-3H3,(H,23,25)(H,24,26)/t20-/m0/s1. The van der Waals surface area contributed by atoms with Gasteiger partial charge in [-0.3, -0.25) is 9.59 Å². The van der Waals surface area contributed by atoms with Crippen LogP contribution in [0, 0.1) is 0 Å². The summed E-state index contributed by atoms with van der Waals surface area (Å²) in [5, 5.41) is 5.58. The Morgan fingerprint density at radius 1 is 1.04 bits per heavy atom. The molecule has 150 valence electrons. The number of benzene rings is 2. The topological polar surface area (TPSA) is 76.7 Å². The monoisotopic (exact) mass is 384 g/mol. The second-order valence-corrected chi connectivity index (χ2v) is 6.30. The van der Waals surface area contributed by atoms with Gasteiger partial charge < -0.3 is 20.1 Å². The third-order valence-corrected chi connectivity index (χ3v) is 4.29. The van der Waals surface area contributed by atoms with Crippen molar-refractivity contribution in [3.05, 3.63) is 59.7 Å². The SMILES string of the molecule is CCc1ccc(O[C@@H](CC)C(=O)Nc2ccccc2C(=O)NCCOC)cc1. The second-order valence-electron chi connectivity index (χ2n) is 6.30. The molecule has 0 unspecified atom stereocenters. The molecule has 2 rings (SSSR count). The molecule has 0 aliphatic rings. The maximum Gasteiger partial charge on any atom is 0.265 e. The number of hydrogen-bond donors (Lipinski definition) is 2. The van der Waals surface area contributed by atoms with Gasteiger partial charge >= 0.3 is 0 Å². The van der Waals surface area contributed by atoms with Gasteiger partial charge in [0.05, 0.1) is 17.9 Å². The van der Waals surface area contributed by atoms with Crippen LogP contribution < -0.4 is 15.4 Å². The number of carbonyl (C=O) groups excluding carboxylic acids is 2. The maximum absolute atomic E-state index is 12.7. The van der Waals surface area contributed by atoms with Crippen LogP contribution in [0.3, 0.4) is 0 Å². The van der Waals surface area contributed by atoms with Crippen molar-refractivity contribution >= 4 is 17.5 Å². The van der Waals surface area contributed by atoms with Gasteiger partial charge in [0.15, 0.2) is 6.10 Å². The highest BCUT2D eigenvalue weighted by Crippen LogP contribution is 2.19. The number of nitrogens with one attached hydrogen (secondary N) is 2. The molecule has 0 heterocycles. The zero-order chi connectivity index (χ0) is 20.4. The fourth-order valence-electron chi connectivity index (χ4n) is 2.66. The van der Waals surface area contributed by atoms with Gasteiger partial charge in [-0.1, -0.05) is 38.1 Å². The van der Waals surface area contributed by atoms with E-state index in [0.29, 0.717) is 36.6 Å². The summed E-state index contributed by atoms with van der Waals surface area (Å²) in [6.45, 7) is 4.78. The molecule has 6 nitrogen and oxygen atoms in total. The first-order valence-corrected chi connectivity index (χ1v) is 9.51. The van der Waals surface area contributed by atoms with Gasteiger partial charge in [0.2, 0.25) is 0 Å². The number of hydrogen-bond acceptors (Lipinski definition) is 4. The molecule has 0 aliphatic carbocycles. The lowest BCUT2D eigenvalue weighted by Gasteiger charge is -2.18. The van der Waals surface area contributed by atoms with E-state index in [1.54, 1.807) is 31.4 Å². The van der Waals surface area contributed by atoms with Gasteiger partial charge in [0.25, 0.3) is 11.8 Å². The van der Waals surface area contributed by atoms with E-state index >= 15 is 0 Å². The van der Waals surface area contributed by atoms with Crippen molar-refractivity contribution in [1.29, 1.82) is 0 Å². The first-order valence-electron chi connectivity index (χ1n) is 9.51. The molecule has 0 aromatic heterocycles. The highest BCUT2D eigenvalue weighted by Gasteiger charge is 2.21. The minimum atomic E-state index is -0.655. The summed E-state index contributed by atoms with van der Waals surface area (Å²) < 4.78 is 10.8. The lowest BCUT2D eigenvalue weighted by Crippen LogP contribution is -2.34. The predicted octanol–water partition coefficient (Wildman–Crippen LogP) is 3.42. The zero-order valence-electron chi connectivity index (χ0n) is 16.7. The number of para-hydroxylation sites is 1. The van der Waals surface area contributed by atoms with E-state index in [1.165, 1.54) is 5.56 Å². The second kappa shape index (κ2) is 11.1. The molecule has 0 aliphatic heterocycles. The number of carbonyl (C=O) groups is 2. The van der Waals surface area contributed by atoms with E-state index in [4.69, 9.17) is 9.47 Å². The Hall–Kier alpha value is -2.86. The van der Waals surface area contributed by atoms with E-state index in [9.17, 15) is 9.59 Å². The predicted molar refractivity (Wildman–Crippen MR) is 110 cm³/mol. The third-order valence-electron chi connectivity index (χ3n) is 4.29. The molecule has 2 aromatic carbocycles. The summed E-state index contributed by atoms with van der Waals surface area (Å²) in [5.74, 6) is 0.0843. The van der Waals surface area contributed by atoms with Gasteiger partial charge in [0, 0.05) is 13.7 Å². The summed E-state index contributed by atoms with van der Waals surface area (Å²) in [5.41, 5.74) is 2.05. The number of amides is 2. The molecule has 0 spiro atoms. The number of anilines is 1. The van der Waals surface area contributed by atoms with Crippen LogP contribution in [0.25, 0.3) is 0 Å². The lowest BCUT2D eigenvalue weighted by atomic mass is 10.1. The Labute approximate surface area is 166 Å². The maximum atomic E-state index is 12.7. The third kappa shape index (κ3) is 6.09. The van der Waals surface area contributed by atoms with Crippen LogP contribution in [-0.4, -0.2) is 38.2 Å². The fraction of sp³-hybridized carbons (Fsp3) is 0.364. The average Bonchev–Trinajstić information content (AvgIpc) is 2.72. The first kappa shape index (κ1) is 21.4. The van der Waals surface area contributed by atoms with Gasteiger partial charge in [-0.25, -0.2) is 0 Å². The number of aryl methyl sites for hydroxylation is 1. The van der Waals surface area contributed by atoms with Crippen LogP contribution in [-0.2, 0) is 16.0 Å². The van der Waals surface area contributed by atoms with Gasteiger partial charge in [-0.2, -0.15) is 0 Å². The van der Waals surface area contributed by atoms with Crippen LogP contribution in [0.4, 0.5) is 5.69 Å². The summed E-state index contributed by atoms with van der Waals surface area (Å²) in [7, 11) is 1.57. The molecule has 6 heteroatoms. The largest absolute Gasteiger partial charge is 0.481 e. The molecule has 2 amide bonds. The van der Waals surface area contributed by atoms with Gasteiger partial charge in [-0.15, -0.1) is 0 Å². The van der Waals surface area contributed by atoms with Crippen LogP contribution in [0.1, 0.15) is 36.2 Å². The van der Waals surface area contributed by atoms with Gasteiger partial charge in [0.1, 0.15) is 5.75 Å². The van der Waals surface area contributed by atoms with E-state index < -0.39 is 6.10 Å². The Morgan fingerprint density at radius 2 is 1.75 bits per heavy atom. The normalized spacial score (nSPS) is 11.5. The summed E-state index contributed by atoms with van der Waals surface area (Å²) in [6.07, 6.45) is 0.794. The van der Waals surface area contributed by atoms with Crippen molar-refractivity contribution in [2.45, 2.75) is 32.8 Å². The molecule has 0 radical (unpaired) electrons.